The van der Waals surface area contributed by atoms with Gasteiger partial charge in [-0.3, -0.25) is 5.32 Å². The monoisotopic (exact) mass is 461 g/mol. The van der Waals surface area contributed by atoms with Crippen LogP contribution in [0.1, 0.15) is 79.9 Å². The lowest BCUT2D eigenvalue weighted by molar-refractivity contribution is 0.0698. The van der Waals surface area contributed by atoms with Gasteiger partial charge < -0.3 is 14.6 Å². The number of carboxylic acids is 1. The Hall–Kier alpha value is -2.54. The molecule has 7 heteroatoms. The van der Waals surface area contributed by atoms with E-state index in [1.807, 2.05) is 30.3 Å². The second-order valence-corrected chi connectivity index (χ2v) is 8.90. The first kappa shape index (κ1) is 25.7. The molecule has 2 rings (SSSR count). The molecule has 0 saturated heterocycles. The predicted molar refractivity (Wildman–Crippen MR) is 129 cm³/mol. The average Bonchev–Trinajstić information content (AvgIpc) is 3.19. The Kier molecular flexibility index (Phi) is 12.3. The van der Waals surface area contributed by atoms with Crippen LogP contribution in [-0.2, 0) is 11.2 Å². The minimum atomic E-state index is -1.05. The largest absolute Gasteiger partial charge is 0.493 e. The predicted octanol–water partition coefficient (Wildman–Crippen LogP) is 7.15. The summed E-state index contributed by atoms with van der Waals surface area (Å²) in [5, 5.41) is 12.4. The Morgan fingerprint density at radius 3 is 2.31 bits per heavy atom. The quantitative estimate of drug-likeness (QED) is 0.259. The molecule has 0 aliphatic rings. The van der Waals surface area contributed by atoms with Crippen LogP contribution in [0.25, 0.3) is 0 Å². The van der Waals surface area contributed by atoms with Gasteiger partial charge in [-0.25, -0.2) is 9.59 Å². The Bertz CT molecular complexity index is 806. The number of rotatable bonds is 16. The van der Waals surface area contributed by atoms with Gasteiger partial charge in [0.05, 0.1) is 18.8 Å². The Morgan fingerprint density at radius 1 is 0.938 bits per heavy atom. The number of benzene rings is 1. The fourth-order valence-electron chi connectivity index (χ4n) is 3.31. The second kappa shape index (κ2) is 15.3. The van der Waals surface area contributed by atoms with E-state index in [0.29, 0.717) is 18.0 Å². The van der Waals surface area contributed by atoms with Crippen molar-refractivity contribution in [1.29, 1.82) is 0 Å². The van der Waals surface area contributed by atoms with Gasteiger partial charge in [-0.1, -0.05) is 70.1 Å². The number of aromatic carboxylic acids is 1. The summed E-state index contributed by atoms with van der Waals surface area (Å²) in [5.74, 6) is -0.277. The number of para-hydroxylation sites is 1. The number of anilines is 1. The van der Waals surface area contributed by atoms with Gasteiger partial charge in [-0.2, -0.15) is 0 Å². The lowest BCUT2D eigenvalue weighted by Crippen LogP contribution is -2.16. The van der Waals surface area contributed by atoms with Crippen molar-refractivity contribution in [1.82, 2.24) is 0 Å². The third-order valence-electron chi connectivity index (χ3n) is 5.04. The molecule has 0 spiro atoms. The van der Waals surface area contributed by atoms with Crippen LogP contribution in [0.5, 0.6) is 5.75 Å². The highest BCUT2D eigenvalue weighted by molar-refractivity contribution is 7.16. The maximum absolute atomic E-state index is 12.1. The molecule has 0 unspecified atom stereocenters. The van der Waals surface area contributed by atoms with Crippen molar-refractivity contribution in [3.05, 3.63) is 46.8 Å². The minimum Gasteiger partial charge on any atom is -0.493 e. The molecule has 0 saturated carbocycles. The zero-order chi connectivity index (χ0) is 23.0. The lowest BCUT2D eigenvalue weighted by Gasteiger charge is -2.08. The lowest BCUT2D eigenvalue weighted by atomic mass is 10.1. The molecule has 1 heterocycles. The average molecular weight is 462 g/mol. The standard InChI is InChI=1S/C25H35NO5S/c1-2-3-4-5-6-7-8-12-16-21-19-22(24(27)28)23(32-21)26-25(29)31-18-13-17-30-20-14-10-9-11-15-20/h9-11,14-15,19H,2-8,12-13,16-18H2,1H3,(H,26,29)(H,27,28). The number of carbonyl (C=O) groups excluding carboxylic acids is 1. The summed E-state index contributed by atoms with van der Waals surface area (Å²) in [6.07, 6.45) is 10.6. The molecule has 0 fully saturated rings. The number of unbranched alkanes of at least 4 members (excludes halogenated alkanes) is 7. The van der Waals surface area contributed by atoms with Crippen molar-refractivity contribution in [3.8, 4) is 5.75 Å². The Balaban J connectivity index is 1.68. The molecule has 0 bridgehead atoms. The third-order valence-corrected chi connectivity index (χ3v) is 6.15. The van der Waals surface area contributed by atoms with E-state index in [1.54, 1.807) is 6.07 Å². The van der Waals surface area contributed by atoms with E-state index >= 15 is 0 Å². The minimum absolute atomic E-state index is 0.119. The molecular formula is C25H35NO5S. The SMILES string of the molecule is CCCCCCCCCCc1cc(C(=O)O)c(NC(=O)OCCCOc2ccccc2)s1. The van der Waals surface area contributed by atoms with E-state index in [9.17, 15) is 14.7 Å². The van der Waals surface area contributed by atoms with E-state index in [-0.39, 0.29) is 12.2 Å². The molecule has 6 nitrogen and oxygen atoms in total. The number of carboxylic acid groups (broad SMARTS) is 1. The summed E-state index contributed by atoms with van der Waals surface area (Å²) in [5.41, 5.74) is 0.119. The van der Waals surface area contributed by atoms with Gasteiger partial charge in [0, 0.05) is 11.3 Å². The van der Waals surface area contributed by atoms with Crippen LogP contribution in [-0.4, -0.2) is 30.4 Å². The van der Waals surface area contributed by atoms with Crippen LogP contribution < -0.4 is 10.1 Å². The summed E-state index contributed by atoms with van der Waals surface area (Å²) < 4.78 is 10.7. The van der Waals surface area contributed by atoms with Gasteiger partial charge in [0.1, 0.15) is 10.8 Å². The van der Waals surface area contributed by atoms with Crippen molar-refractivity contribution in [2.45, 2.75) is 71.1 Å². The van der Waals surface area contributed by atoms with Gasteiger partial charge in [-0.05, 0) is 31.0 Å². The van der Waals surface area contributed by atoms with E-state index in [2.05, 4.69) is 12.2 Å². The van der Waals surface area contributed by atoms with Crippen LogP contribution in [0, 0.1) is 0 Å². The molecule has 1 aromatic carbocycles. The van der Waals surface area contributed by atoms with Gasteiger partial charge in [0.25, 0.3) is 0 Å². The summed E-state index contributed by atoms with van der Waals surface area (Å²) in [4.78, 5) is 24.6. The van der Waals surface area contributed by atoms with Crippen LogP contribution >= 0.6 is 11.3 Å². The van der Waals surface area contributed by atoms with Gasteiger partial charge in [0.15, 0.2) is 0 Å². The molecule has 0 aliphatic heterocycles. The van der Waals surface area contributed by atoms with Crippen molar-refractivity contribution >= 4 is 28.4 Å². The molecule has 2 N–H and O–H groups in total. The number of ether oxygens (including phenoxy) is 2. The zero-order valence-corrected chi connectivity index (χ0v) is 19.8. The molecular weight excluding hydrogens is 426 g/mol. The van der Waals surface area contributed by atoms with Crippen LogP contribution in [0.3, 0.4) is 0 Å². The number of amides is 1. The summed E-state index contributed by atoms with van der Waals surface area (Å²) in [7, 11) is 0. The molecule has 0 atom stereocenters. The smallest absolute Gasteiger partial charge is 0.412 e. The highest BCUT2D eigenvalue weighted by atomic mass is 32.1. The fraction of sp³-hybridized carbons (Fsp3) is 0.520. The van der Waals surface area contributed by atoms with E-state index in [0.717, 1.165) is 29.9 Å². The van der Waals surface area contributed by atoms with E-state index in [1.165, 1.54) is 49.9 Å². The molecule has 0 aliphatic carbocycles. The highest BCUT2D eigenvalue weighted by Gasteiger charge is 2.17. The molecule has 176 valence electrons. The van der Waals surface area contributed by atoms with Gasteiger partial charge in [-0.15, -0.1) is 11.3 Å². The van der Waals surface area contributed by atoms with Gasteiger partial charge >= 0.3 is 12.1 Å². The molecule has 1 amide bonds. The molecule has 2 aromatic rings. The number of hydrogen-bond acceptors (Lipinski definition) is 5. The van der Waals surface area contributed by atoms with Gasteiger partial charge in [0.2, 0.25) is 0 Å². The number of thiophene rings is 1. The number of carbonyl (C=O) groups is 2. The van der Waals surface area contributed by atoms with Crippen LogP contribution in [0.4, 0.5) is 9.80 Å². The van der Waals surface area contributed by atoms with Crippen LogP contribution in [0.15, 0.2) is 36.4 Å². The fourth-order valence-corrected chi connectivity index (χ4v) is 4.39. The first-order valence-electron chi connectivity index (χ1n) is 11.6. The first-order chi connectivity index (χ1) is 15.6. The maximum atomic E-state index is 12.1. The molecule has 32 heavy (non-hydrogen) atoms. The number of aryl methyl sites for hydroxylation is 1. The van der Waals surface area contributed by atoms with Crippen molar-refractivity contribution in [3.63, 3.8) is 0 Å². The number of nitrogens with one attached hydrogen (secondary N) is 1. The maximum Gasteiger partial charge on any atom is 0.412 e. The summed E-state index contributed by atoms with van der Waals surface area (Å²) >= 11 is 1.31. The van der Waals surface area contributed by atoms with E-state index in [4.69, 9.17) is 9.47 Å². The van der Waals surface area contributed by atoms with Crippen molar-refractivity contribution in [2.75, 3.05) is 18.5 Å². The molecule has 0 radical (unpaired) electrons. The third kappa shape index (κ3) is 10.2. The summed E-state index contributed by atoms with van der Waals surface area (Å²) in [6, 6.07) is 11.1. The topological polar surface area (TPSA) is 84.9 Å². The molecule has 1 aromatic heterocycles. The first-order valence-corrected chi connectivity index (χ1v) is 12.4. The van der Waals surface area contributed by atoms with Crippen molar-refractivity contribution < 1.29 is 24.2 Å². The Labute approximate surface area is 194 Å². The second-order valence-electron chi connectivity index (χ2n) is 7.76. The van der Waals surface area contributed by atoms with Crippen molar-refractivity contribution in [2.24, 2.45) is 0 Å². The summed E-state index contributed by atoms with van der Waals surface area (Å²) in [6.45, 7) is 2.84. The van der Waals surface area contributed by atoms with E-state index < -0.39 is 12.1 Å². The number of hydrogen-bond donors (Lipinski definition) is 2. The Morgan fingerprint density at radius 2 is 1.62 bits per heavy atom. The van der Waals surface area contributed by atoms with Crippen LogP contribution in [0.2, 0.25) is 0 Å². The highest BCUT2D eigenvalue weighted by Crippen LogP contribution is 2.30. The zero-order valence-electron chi connectivity index (χ0n) is 18.9. The normalized spacial score (nSPS) is 10.7.